The Hall–Kier alpha value is -3.18. The molecule has 2 aromatic carbocycles. The summed E-state index contributed by atoms with van der Waals surface area (Å²) in [7, 11) is -4.13. The molecule has 2 aromatic rings. The van der Waals surface area contributed by atoms with Crippen LogP contribution in [-0.2, 0) is 19.6 Å². The Kier molecular flexibility index (Phi) is 6.99. The first-order valence-electron chi connectivity index (χ1n) is 9.88. The lowest BCUT2D eigenvalue weighted by molar-refractivity contribution is -0.123. The average molecular weight is 466 g/mol. The molecular formula is C21H23FN2O7S. The van der Waals surface area contributed by atoms with Crippen LogP contribution >= 0.6 is 0 Å². The fourth-order valence-electron chi connectivity index (χ4n) is 3.03. The number of halogens is 1. The van der Waals surface area contributed by atoms with Crippen molar-refractivity contribution >= 4 is 27.6 Å². The molecule has 0 aromatic heterocycles. The number of esters is 1. The predicted molar refractivity (Wildman–Crippen MR) is 113 cm³/mol. The first-order chi connectivity index (χ1) is 15.2. The number of hydrogen-bond acceptors (Lipinski definition) is 7. The molecule has 11 heteroatoms. The number of hydrogen-bond donors (Lipinski definition) is 1. The van der Waals surface area contributed by atoms with E-state index in [9.17, 15) is 22.4 Å². The van der Waals surface area contributed by atoms with Gasteiger partial charge < -0.3 is 19.5 Å². The monoisotopic (exact) mass is 466 g/mol. The van der Waals surface area contributed by atoms with E-state index < -0.39 is 38.7 Å². The van der Waals surface area contributed by atoms with Gasteiger partial charge in [0.1, 0.15) is 10.7 Å². The van der Waals surface area contributed by atoms with E-state index in [0.717, 1.165) is 22.5 Å². The summed E-state index contributed by atoms with van der Waals surface area (Å²) in [6, 6.07) is 7.69. The highest BCUT2D eigenvalue weighted by molar-refractivity contribution is 7.89. The zero-order chi connectivity index (χ0) is 23.5. The third kappa shape index (κ3) is 4.83. The summed E-state index contributed by atoms with van der Waals surface area (Å²) in [5.74, 6) is -1.54. The molecule has 0 saturated heterocycles. The van der Waals surface area contributed by atoms with Crippen molar-refractivity contribution in [2.45, 2.75) is 31.8 Å². The molecule has 1 unspecified atom stereocenters. The number of nitrogens with zero attached hydrogens (tertiary/aromatic N) is 1. The molecule has 0 aliphatic carbocycles. The third-order valence-electron chi connectivity index (χ3n) is 4.78. The Morgan fingerprint density at radius 3 is 2.50 bits per heavy atom. The van der Waals surface area contributed by atoms with Gasteiger partial charge in [0.15, 0.2) is 17.6 Å². The molecule has 0 spiro atoms. The van der Waals surface area contributed by atoms with E-state index in [1.807, 2.05) is 0 Å². The second-order valence-corrected chi connectivity index (χ2v) is 8.75. The normalized spacial score (nSPS) is 13.7. The summed E-state index contributed by atoms with van der Waals surface area (Å²) in [4.78, 5) is 24.3. The highest BCUT2D eigenvalue weighted by atomic mass is 32.2. The maximum absolute atomic E-state index is 14.2. The second kappa shape index (κ2) is 9.53. The van der Waals surface area contributed by atoms with Gasteiger partial charge in [-0.2, -0.15) is 4.31 Å². The van der Waals surface area contributed by atoms with Gasteiger partial charge >= 0.3 is 5.97 Å². The number of sulfonamides is 1. The number of rotatable bonds is 8. The lowest BCUT2D eigenvalue weighted by atomic mass is 10.2. The zero-order valence-electron chi connectivity index (χ0n) is 17.8. The van der Waals surface area contributed by atoms with Crippen molar-refractivity contribution in [2.24, 2.45) is 0 Å². The Morgan fingerprint density at radius 1 is 1.12 bits per heavy atom. The fourth-order valence-corrected chi connectivity index (χ4v) is 4.58. The van der Waals surface area contributed by atoms with Crippen LogP contribution in [0.2, 0.25) is 0 Å². The number of fused-ring (bicyclic) bond motifs is 1. The van der Waals surface area contributed by atoms with E-state index in [1.54, 1.807) is 32.0 Å². The van der Waals surface area contributed by atoms with Crippen molar-refractivity contribution in [3.63, 3.8) is 0 Å². The Balaban J connectivity index is 1.71. The van der Waals surface area contributed by atoms with E-state index in [1.165, 1.54) is 6.92 Å². The Labute approximate surface area is 185 Å². The Bertz CT molecular complexity index is 1130. The summed E-state index contributed by atoms with van der Waals surface area (Å²) in [5.41, 5.74) is 0.219. The summed E-state index contributed by atoms with van der Waals surface area (Å²) >= 11 is 0. The van der Waals surface area contributed by atoms with Crippen LogP contribution in [0.3, 0.4) is 0 Å². The van der Waals surface area contributed by atoms with Crippen LogP contribution < -0.4 is 14.8 Å². The van der Waals surface area contributed by atoms with Gasteiger partial charge in [-0.25, -0.2) is 17.6 Å². The molecule has 1 heterocycles. The molecular weight excluding hydrogens is 443 g/mol. The minimum Gasteiger partial charge on any atom is -0.454 e. The maximum Gasteiger partial charge on any atom is 0.338 e. The van der Waals surface area contributed by atoms with Gasteiger partial charge in [0.25, 0.3) is 5.91 Å². The predicted octanol–water partition coefficient (Wildman–Crippen LogP) is 2.77. The van der Waals surface area contributed by atoms with Crippen LogP contribution in [0.1, 0.15) is 31.1 Å². The highest BCUT2D eigenvalue weighted by Gasteiger charge is 2.27. The number of nitrogens with one attached hydrogen (secondary N) is 1. The smallest absolute Gasteiger partial charge is 0.338 e. The van der Waals surface area contributed by atoms with Gasteiger partial charge in [-0.05, 0) is 37.3 Å². The van der Waals surface area contributed by atoms with Gasteiger partial charge in [-0.15, -0.1) is 0 Å². The van der Waals surface area contributed by atoms with Crippen LogP contribution in [0, 0.1) is 5.82 Å². The second-order valence-electron chi connectivity index (χ2n) is 6.84. The molecule has 1 aliphatic rings. The van der Waals surface area contributed by atoms with Crippen LogP contribution in [0.15, 0.2) is 41.3 Å². The molecule has 0 saturated carbocycles. The topological polar surface area (TPSA) is 111 Å². The van der Waals surface area contributed by atoms with Crippen LogP contribution in [0.5, 0.6) is 11.5 Å². The molecule has 1 amide bonds. The van der Waals surface area contributed by atoms with E-state index in [-0.39, 0.29) is 25.4 Å². The molecule has 9 nitrogen and oxygen atoms in total. The van der Waals surface area contributed by atoms with Gasteiger partial charge in [-0.3, -0.25) is 4.79 Å². The van der Waals surface area contributed by atoms with Gasteiger partial charge in [0.2, 0.25) is 16.8 Å². The molecule has 3 rings (SSSR count). The standard InChI is InChI=1S/C21H23FN2O7S/c1-4-24(5-2)32(27,28)19-10-14(6-8-16(19)22)21(26)31-13(3)20(25)23-15-7-9-17-18(11-15)30-12-29-17/h6-11,13H,4-5,12H2,1-3H3,(H,23,25). The number of amides is 1. The molecule has 0 fully saturated rings. The third-order valence-corrected chi connectivity index (χ3v) is 6.85. The molecule has 1 aliphatic heterocycles. The molecule has 172 valence electrons. The number of ether oxygens (including phenoxy) is 3. The first kappa shape index (κ1) is 23.5. The van der Waals surface area contributed by atoms with E-state index >= 15 is 0 Å². The zero-order valence-corrected chi connectivity index (χ0v) is 18.6. The van der Waals surface area contributed by atoms with E-state index in [2.05, 4.69) is 5.32 Å². The summed E-state index contributed by atoms with van der Waals surface area (Å²) < 4.78 is 56.2. The molecule has 0 bridgehead atoms. The fraction of sp³-hybridized carbons (Fsp3) is 0.333. The minimum atomic E-state index is -4.13. The summed E-state index contributed by atoms with van der Waals surface area (Å²) in [5, 5.41) is 2.59. The molecule has 1 N–H and O–H groups in total. The van der Waals surface area contributed by atoms with Crippen LogP contribution in [0.25, 0.3) is 0 Å². The number of carbonyl (C=O) groups excluding carboxylic acids is 2. The summed E-state index contributed by atoms with van der Waals surface area (Å²) in [6.07, 6.45) is -1.21. The van der Waals surface area contributed by atoms with Crippen molar-refractivity contribution in [3.05, 3.63) is 47.8 Å². The number of benzene rings is 2. The van der Waals surface area contributed by atoms with Gasteiger partial charge in [0.05, 0.1) is 5.56 Å². The number of carbonyl (C=O) groups is 2. The van der Waals surface area contributed by atoms with Crippen molar-refractivity contribution < 1.29 is 36.6 Å². The van der Waals surface area contributed by atoms with E-state index in [4.69, 9.17) is 14.2 Å². The molecule has 0 radical (unpaired) electrons. The van der Waals surface area contributed by atoms with Crippen LogP contribution in [0.4, 0.5) is 10.1 Å². The van der Waals surface area contributed by atoms with Crippen LogP contribution in [-0.4, -0.2) is 50.6 Å². The lowest BCUT2D eigenvalue weighted by Crippen LogP contribution is -2.32. The van der Waals surface area contributed by atoms with Crippen molar-refractivity contribution in [1.29, 1.82) is 0 Å². The number of anilines is 1. The van der Waals surface area contributed by atoms with Gasteiger partial charge in [-0.1, -0.05) is 13.8 Å². The van der Waals surface area contributed by atoms with Gasteiger partial charge in [0, 0.05) is 24.8 Å². The maximum atomic E-state index is 14.2. The summed E-state index contributed by atoms with van der Waals surface area (Å²) in [6.45, 7) is 4.98. The lowest BCUT2D eigenvalue weighted by Gasteiger charge is -2.19. The van der Waals surface area contributed by atoms with Crippen molar-refractivity contribution in [2.75, 3.05) is 25.2 Å². The largest absolute Gasteiger partial charge is 0.454 e. The van der Waals surface area contributed by atoms with Crippen molar-refractivity contribution in [3.8, 4) is 11.5 Å². The minimum absolute atomic E-state index is 0.0877. The molecule has 1 atom stereocenters. The molecule has 32 heavy (non-hydrogen) atoms. The Morgan fingerprint density at radius 2 is 1.81 bits per heavy atom. The highest BCUT2D eigenvalue weighted by Crippen LogP contribution is 2.34. The van der Waals surface area contributed by atoms with Crippen molar-refractivity contribution in [1.82, 2.24) is 4.31 Å². The van der Waals surface area contributed by atoms with E-state index in [0.29, 0.717) is 17.2 Å². The quantitative estimate of drug-likeness (QED) is 0.596. The SMILES string of the molecule is CCN(CC)S(=O)(=O)c1cc(C(=O)OC(C)C(=O)Nc2ccc3c(c2)OCO3)ccc1F. The average Bonchev–Trinajstić information content (AvgIpc) is 3.22. The first-order valence-corrected chi connectivity index (χ1v) is 11.3.